The quantitative estimate of drug-likeness (QED) is 0.521. The Bertz CT molecular complexity index is 728. The van der Waals surface area contributed by atoms with Gasteiger partial charge in [-0.15, -0.1) is 0 Å². The minimum atomic E-state index is -1.44. The Morgan fingerprint density at radius 1 is 1.17 bits per heavy atom. The molecule has 0 radical (unpaired) electrons. The van der Waals surface area contributed by atoms with Gasteiger partial charge in [0.05, 0.1) is 0 Å². The lowest BCUT2D eigenvalue weighted by Crippen LogP contribution is -2.34. The number of carbonyl (C=O) groups is 4. The second kappa shape index (κ2) is 6.83. The lowest BCUT2D eigenvalue weighted by atomic mass is 9.96. The maximum absolute atomic E-state index is 12.0. The third-order valence-electron chi connectivity index (χ3n) is 3.08. The lowest BCUT2D eigenvalue weighted by Gasteiger charge is -2.15. The summed E-state index contributed by atoms with van der Waals surface area (Å²) >= 11 is 0. The average Bonchev–Trinajstić information content (AvgIpc) is 2.45. The minimum absolute atomic E-state index is 0.179. The van der Waals surface area contributed by atoms with Gasteiger partial charge in [-0.2, -0.15) is 0 Å². The fraction of sp³-hybridized carbons (Fsp3) is 0.176. The molecule has 0 bridgehead atoms. The van der Waals surface area contributed by atoms with Gasteiger partial charge in [0.2, 0.25) is 5.91 Å². The maximum atomic E-state index is 12.0. The summed E-state index contributed by atoms with van der Waals surface area (Å²) in [5.41, 5.74) is 1.32. The number of cyclic esters (lactones) is 1. The van der Waals surface area contributed by atoms with Gasteiger partial charge in [0.1, 0.15) is 5.76 Å². The van der Waals surface area contributed by atoms with E-state index in [0.29, 0.717) is 11.3 Å². The second-order valence-electron chi connectivity index (χ2n) is 5.05. The third-order valence-corrected chi connectivity index (χ3v) is 3.08. The molecule has 1 aliphatic rings. The predicted molar refractivity (Wildman–Crippen MR) is 83.1 cm³/mol. The first-order valence-corrected chi connectivity index (χ1v) is 6.90. The van der Waals surface area contributed by atoms with E-state index in [2.05, 4.69) is 5.32 Å². The first-order valence-electron chi connectivity index (χ1n) is 6.90. The van der Waals surface area contributed by atoms with Crippen LogP contribution in [0.25, 0.3) is 6.08 Å². The van der Waals surface area contributed by atoms with E-state index >= 15 is 0 Å². The molecular formula is C17H15NO5. The molecule has 0 aliphatic carbocycles. The number of nitrogens with one attached hydrogen (secondary N) is 1. The molecule has 0 aromatic heterocycles. The number of allylic oxidation sites excluding steroid dienone is 3. The van der Waals surface area contributed by atoms with Crippen LogP contribution in [0.15, 0.2) is 42.2 Å². The number of carbonyl (C=O) groups excluding carboxylic acids is 4. The highest BCUT2D eigenvalue weighted by atomic mass is 16.5. The van der Waals surface area contributed by atoms with Crippen molar-refractivity contribution in [3.63, 3.8) is 0 Å². The Labute approximate surface area is 132 Å². The van der Waals surface area contributed by atoms with Crippen LogP contribution in [0.5, 0.6) is 0 Å². The third kappa shape index (κ3) is 4.23. The molecule has 118 valence electrons. The Hall–Kier alpha value is -3.02. The van der Waals surface area contributed by atoms with Crippen molar-refractivity contribution in [2.75, 3.05) is 5.32 Å². The molecule has 6 nitrogen and oxygen atoms in total. The van der Waals surface area contributed by atoms with Crippen LogP contribution in [0.1, 0.15) is 19.4 Å². The van der Waals surface area contributed by atoms with Crippen LogP contribution in [0.3, 0.4) is 0 Å². The van der Waals surface area contributed by atoms with Crippen molar-refractivity contribution in [1.82, 2.24) is 0 Å². The normalized spacial score (nSPS) is 17.7. The minimum Gasteiger partial charge on any atom is -0.430 e. The Morgan fingerprint density at radius 3 is 2.39 bits per heavy atom. The zero-order chi connectivity index (χ0) is 17.0. The van der Waals surface area contributed by atoms with E-state index in [1.54, 1.807) is 24.3 Å². The summed E-state index contributed by atoms with van der Waals surface area (Å²) in [6.07, 6.45) is 3.80. The second-order valence-corrected chi connectivity index (χ2v) is 5.05. The van der Waals surface area contributed by atoms with Crippen LogP contribution >= 0.6 is 0 Å². The molecule has 0 spiro atoms. The van der Waals surface area contributed by atoms with Crippen LogP contribution in [-0.2, 0) is 23.9 Å². The van der Waals surface area contributed by atoms with Gasteiger partial charge in [0.15, 0.2) is 17.5 Å². The number of ether oxygens (including phenoxy) is 1. The SMILES string of the molecule is CC(=O)Nc1ccc(/C=C/C(=O)C2C(=O)C=C(C)OC2=O)cc1. The van der Waals surface area contributed by atoms with Gasteiger partial charge < -0.3 is 10.1 Å². The summed E-state index contributed by atoms with van der Waals surface area (Å²) in [7, 11) is 0. The number of rotatable bonds is 4. The van der Waals surface area contributed by atoms with Crippen LogP contribution < -0.4 is 5.32 Å². The fourth-order valence-corrected chi connectivity index (χ4v) is 2.06. The Kier molecular flexibility index (Phi) is 4.85. The summed E-state index contributed by atoms with van der Waals surface area (Å²) < 4.78 is 4.80. The van der Waals surface area contributed by atoms with Crippen molar-refractivity contribution in [1.29, 1.82) is 0 Å². The number of anilines is 1. The molecule has 0 saturated carbocycles. The van der Waals surface area contributed by atoms with Crippen molar-refractivity contribution >= 4 is 35.2 Å². The van der Waals surface area contributed by atoms with Gasteiger partial charge in [-0.25, -0.2) is 0 Å². The standard InChI is InChI=1S/C17H15NO5/c1-10-9-15(21)16(17(22)23-10)14(20)8-5-12-3-6-13(7-4-12)18-11(2)19/h3-9,16H,1-2H3,(H,18,19)/b8-5+. The number of esters is 1. The molecule has 1 amide bonds. The number of ketones is 2. The largest absolute Gasteiger partial charge is 0.430 e. The van der Waals surface area contributed by atoms with Gasteiger partial charge in [-0.1, -0.05) is 18.2 Å². The molecule has 2 rings (SSSR count). The number of hydrogen-bond donors (Lipinski definition) is 1. The number of benzene rings is 1. The highest BCUT2D eigenvalue weighted by molar-refractivity contribution is 6.25. The molecule has 1 heterocycles. The van der Waals surface area contributed by atoms with Crippen molar-refractivity contribution < 1.29 is 23.9 Å². The van der Waals surface area contributed by atoms with E-state index in [9.17, 15) is 19.2 Å². The first-order chi connectivity index (χ1) is 10.9. The molecule has 0 fully saturated rings. The summed E-state index contributed by atoms with van der Waals surface area (Å²) in [4.78, 5) is 46.3. The first kappa shape index (κ1) is 16.4. The molecule has 1 atom stereocenters. The number of hydrogen-bond acceptors (Lipinski definition) is 5. The molecular weight excluding hydrogens is 298 g/mol. The van der Waals surface area contributed by atoms with Gasteiger partial charge in [0, 0.05) is 18.7 Å². The molecule has 6 heteroatoms. The summed E-state index contributed by atoms with van der Waals surface area (Å²) in [5.74, 6) is -3.49. The van der Waals surface area contributed by atoms with E-state index in [4.69, 9.17) is 4.74 Å². The zero-order valence-corrected chi connectivity index (χ0v) is 12.7. The fourth-order valence-electron chi connectivity index (χ4n) is 2.06. The van der Waals surface area contributed by atoms with E-state index in [0.717, 1.165) is 6.08 Å². The van der Waals surface area contributed by atoms with E-state index < -0.39 is 23.5 Å². The van der Waals surface area contributed by atoms with Crippen LogP contribution in [0, 0.1) is 5.92 Å². The zero-order valence-electron chi connectivity index (χ0n) is 12.7. The highest BCUT2D eigenvalue weighted by Gasteiger charge is 2.36. The van der Waals surface area contributed by atoms with Crippen LogP contribution in [0.4, 0.5) is 5.69 Å². The van der Waals surface area contributed by atoms with Crippen LogP contribution in [0.2, 0.25) is 0 Å². The molecule has 1 aromatic carbocycles. The summed E-state index contributed by atoms with van der Waals surface area (Å²) in [6, 6.07) is 6.75. The highest BCUT2D eigenvalue weighted by Crippen LogP contribution is 2.17. The van der Waals surface area contributed by atoms with Crippen molar-refractivity contribution in [3.8, 4) is 0 Å². The maximum Gasteiger partial charge on any atom is 0.329 e. The molecule has 1 N–H and O–H groups in total. The van der Waals surface area contributed by atoms with Crippen molar-refractivity contribution in [2.24, 2.45) is 5.92 Å². The topological polar surface area (TPSA) is 89.5 Å². The smallest absolute Gasteiger partial charge is 0.329 e. The Balaban J connectivity index is 2.08. The van der Waals surface area contributed by atoms with Gasteiger partial charge in [0.25, 0.3) is 0 Å². The monoisotopic (exact) mass is 313 g/mol. The molecule has 1 unspecified atom stereocenters. The van der Waals surface area contributed by atoms with Gasteiger partial charge in [-0.05, 0) is 30.7 Å². The number of amides is 1. The molecule has 1 aliphatic heterocycles. The van der Waals surface area contributed by atoms with Gasteiger partial charge in [-0.3, -0.25) is 19.2 Å². The van der Waals surface area contributed by atoms with Gasteiger partial charge >= 0.3 is 5.97 Å². The van der Waals surface area contributed by atoms with E-state index in [-0.39, 0.29) is 11.7 Å². The predicted octanol–water partition coefficient (Wildman–Crippen LogP) is 1.87. The summed E-state index contributed by atoms with van der Waals surface area (Å²) in [5, 5.41) is 2.62. The molecule has 23 heavy (non-hydrogen) atoms. The molecule has 1 aromatic rings. The lowest BCUT2D eigenvalue weighted by molar-refractivity contribution is -0.151. The molecule has 0 saturated heterocycles. The van der Waals surface area contributed by atoms with E-state index in [1.165, 1.54) is 26.0 Å². The van der Waals surface area contributed by atoms with Crippen LogP contribution in [-0.4, -0.2) is 23.4 Å². The van der Waals surface area contributed by atoms with E-state index in [1.807, 2.05) is 0 Å². The Morgan fingerprint density at radius 2 is 1.83 bits per heavy atom. The summed E-state index contributed by atoms with van der Waals surface area (Å²) in [6.45, 7) is 2.88. The van der Waals surface area contributed by atoms with Crippen molar-refractivity contribution in [2.45, 2.75) is 13.8 Å². The van der Waals surface area contributed by atoms with Crippen molar-refractivity contribution in [3.05, 3.63) is 47.7 Å². The average molecular weight is 313 g/mol.